The second-order valence-electron chi connectivity index (χ2n) is 5.03. The van der Waals surface area contributed by atoms with Gasteiger partial charge in [0.15, 0.2) is 0 Å². The van der Waals surface area contributed by atoms with E-state index < -0.39 is 16.0 Å². The number of sulfonamides is 1. The van der Waals surface area contributed by atoms with Crippen molar-refractivity contribution in [2.45, 2.75) is 24.7 Å². The zero-order chi connectivity index (χ0) is 14.9. The Kier molecular flexibility index (Phi) is 4.70. The lowest BCUT2D eigenvalue weighted by molar-refractivity contribution is 0.0695. The largest absolute Gasteiger partial charge is 0.478 e. The number of piperidine rings is 1. The highest BCUT2D eigenvalue weighted by molar-refractivity contribution is 14.1. The minimum Gasteiger partial charge on any atom is -0.478 e. The summed E-state index contributed by atoms with van der Waals surface area (Å²) >= 11 is 1.89. The number of aromatic carboxylic acids is 1. The molecule has 110 valence electrons. The van der Waals surface area contributed by atoms with Crippen LogP contribution < -0.4 is 0 Å². The molecular formula is C13H16INO4S. The molecule has 0 atom stereocenters. The van der Waals surface area contributed by atoms with Gasteiger partial charge in [0.05, 0.1) is 10.5 Å². The van der Waals surface area contributed by atoms with Crippen LogP contribution in [0.15, 0.2) is 23.1 Å². The van der Waals surface area contributed by atoms with Gasteiger partial charge < -0.3 is 5.11 Å². The van der Waals surface area contributed by atoms with Crippen LogP contribution in [0.5, 0.6) is 0 Å². The van der Waals surface area contributed by atoms with Crippen molar-refractivity contribution >= 4 is 38.6 Å². The van der Waals surface area contributed by atoms with Crippen molar-refractivity contribution in [2.75, 3.05) is 13.1 Å². The number of nitrogens with zero attached hydrogens (tertiary/aromatic N) is 1. The van der Waals surface area contributed by atoms with Crippen LogP contribution in [0.25, 0.3) is 0 Å². The van der Waals surface area contributed by atoms with Gasteiger partial charge in [-0.15, -0.1) is 0 Å². The van der Waals surface area contributed by atoms with Crippen LogP contribution in [0.2, 0.25) is 0 Å². The molecule has 7 heteroatoms. The minimum atomic E-state index is -3.59. The molecule has 1 aliphatic heterocycles. The van der Waals surface area contributed by atoms with E-state index in [2.05, 4.69) is 6.92 Å². The molecule has 20 heavy (non-hydrogen) atoms. The van der Waals surface area contributed by atoms with E-state index >= 15 is 0 Å². The molecule has 0 amide bonds. The maximum atomic E-state index is 12.5. The van der Waals surface area contributed by atoms with Gasteiger partial charge in [0.2, 0.25) is 10.0 Å². The Morgan fingerprint density at radius 2 is 1.95 bits per heavy atom. The Bertz CT molecular complexity index is 621. The molecule has 1 aliphatic rings. The van der Waals surface area contributed by atoms with Crippen molar-refractivity contribution in [2.24, 2.45) is 5.92 Å². The molecule has 1 aromatic rings. The fourth-order valence-corrected chi connectivity index (χ4v) is 4.27. The van der Waals surface area contributed by atoms with E-state index in [9.17, 15) is 13.2 Å². The number of hydrogen-bond acceptors (Lipinski definition) is 3. The molecule has 1 N–H and O–H groups in total. The highest BCUT2D eigenvalue weighted by atomic mass is 127. The number of halogens is 1. The predicted octanol–water partition coefficient (Wildman–Crippen LogP) is 2.41. The Morgan fingerprint density at radius 3 is 2.50 bits per heavy atom. The van der Waals surface area contributed by atoms with Crippen molar-refractivity contribution in [3.05, 3.63) is 27.3 Å². The number of rotatable bonds is 3. The number of carboxylic acids is 1. The molecule has 0 unspecified atom stereocenters. The lowest BCUT2D eigenvalue weighted by Gasteiger charge is -2.29. The normalized spacial score (nSPS) is 18.1. The SMILES string of the molecule is CC1CCN(S(=O)(=O)c2ccc(I)c(C(=O)O)c2)CC1. The summed E-state index contributed by atoms with van der Waals surface area (Å²) in [6.45, 7) is 3.10. The first-order valence-electron chi connectivity index (χ1n) is 6.35. The molecule has 5 nitrogen and oxygen atoms in total. The van der Waals surface area contributed by atoms with Gasteiger partial charge in [0, 0.05) is 16.7 Å². The smallest absolute Gasteiger partial charge is 0.336 e. The Labute approximate surface area is 132 Å². The molecule has 1 heterocycles. The molecule has 0 radical (unpaired) electrons. The molecule has 1 fully saturated rings. The topological polar surface area (TPSA) is 74.7 Å². The minimum absolute atomic E-state index is 0.0250. The molecule has 0 aliphatic carbocycles. The van der Waals surface area contributed by atoms with Crippen molar-refractivity contribution in [1.82, 2.24) is 4.31 Å². The van der Waals surface area contributed by atoms with E-state index in [4.69, 9.17) is 5.11 Å². The van der Waals surface area contributed by atoms with Gasteiger partial charge in [0.1, 0.15) is 0 Å². The number of carbonyl (C=O) groups is 1. The van der Waals surface area contributed by atoms with Crippen LogP contribution in [0.3, 0.4) is 0 Å². The van der Waals surface area contributed by atoms with Gasteiger partial charge >= 0.3 is 5.97 Å². The average molecular weight is 409 g/mol. The van der Waals surface area contributed by atoms with E-state index in [1.165, 1.54) is 22.5 Å². The second-order valence-corrected chi connectivity index (χ2v) is 8.13. The van der Waals surface area contributed by atoms with Crippen LogP contribution in [-0.4, -0.2) is 36.9 Å². The number of benzene rings is 1. The molecule has 0 saturated carbocycles. The number of hydrogen-bond donors (Lipinski definition) is 1. The van der Waals surface area contributed by atoms with Crippen molar-refractivity contribution in [3.8, 4) is 0 Å². The van der Waals surface area contributed by atoms with Gasteiger partial charge in [-0.1, -0.05) is 6.92 Å². The third-order valence-corrected chi connectivity index (χ3v) is 6.38. The molecule has 1 saturated heterocycles. The summed E-state index contributed by atoms with van der Waals surface area (Å²) in [7, 11) is -3.59. The quantitative estimate of drug-likeness (QED) is 0.779. The summed E-state index contributed by atoms with van der Waals surface area (Å²) in [5, 5.41) is 9.09. The average Bonchev–Trinajstić information content (AvgIpc) is 2.39. The molecule has 2 rings (SSSR count). The first kappa shape index (κ1) is 15.7. The van der Waals surface area contributed by atoms with Crippen molar-refractivity contribution < 1.29 is 18.3 Å². The van der Waals surface area contributed by atoms with Gasteiger partial charge in [-0.05, 0) is 59.5 Å². The Hall–Kier alpha value is -0.670. The molecule has 0 spiro atoms. The van der Waals surface area contributed by atoms with Crippen LogP contribution >= 0.6 is 22.6 Å². The second kappa shape index (κ2) is 5.98. The van der Waals surface area contributed by atoms with Crippen LogP contribution in [-0.2, 0) is 10.0 Å². The number of carboxylic acid groups (broad SMARTS) is 1. The predicted molar refractivity (Wildman–Crippen MR) is 83.3 cm³/mol. The first-order valence-corrected chi connectivity index (χ1v) is 8.87. The molecule has 0 bridgehead atoms. The van der Waals surface area contributed by atoms with E-state index in [1.807, 2.05) is 22.6 Å². The van der Waals surface area contributed by atoms with Crippen molar-refractivity contribution in [1.29, 1.82) is 0 Å². The Balaban J connectivity index is 2.35. The zero-order valence-corrected chi connectivity index (χ0v) is 14.0. The van der Waals surface area contributed by atoms with Gasteiger partial charge in [0.25, 0.3) is 0 Å². The third-order valence-electron chi connectivity index (χ3n) is 3.55. The molecule has 1 aromatic carbocycles. The van der Waals surface area contributed by atoms with E-state index in [0.29, 0.717) is 22.6 Å². The lowest BCUT2D eigenvalue weighted by Crippen LogP contribution is -2.37. The van der Waals surface area contributed by atoms with E-state index in [0.717, 1.165) is 12.8 Å². The van der Waals surface area contributed by atoms with Gasteiger partial charge in [-0.2, -0.15) is 4.31 Å². The summed E-state index contributed by atoms with van der Waals surface area (Å²) in [6, 6.07) is 4.25. The summed E-state index contributed by atoms with van der Waals surface area (Å²) in [5.41, 5.74) is 0.0250. The highest BCUT2D eigenvalue weighted by Gasteiger charge is 2.28. The summed E-state index contributed by atoms with van der Waals surface area (Å²) in [4.78, 5) is 11.2. The first-order chi connectivity index (χ1) is 9.32. The fourth-order valence-electron chi connectivity index (χ4n) is 2.20. The maximum Gasteiger partial charge on any atom is 0.336 e. The van der Waals surface area contributed by atoms with Crippen molar-refractivity contribution in [3.63, 3.8) is 0 Å². The van der Waals surface area contributed by atoms with Crippen LogP contribution in [0.4, 0.5) is 0 Å². The molecular weight excluding hydrogens is 393 g/mol. The van der Waals surface area contributed by atoms with E-state index in [-0.39, 0.29) is 10.5 Å². The highest BCUT2D eigenvalue weighted by Crippen LogP contribution is 2.25. The maximum absolute atomic E-state index is 12.5. The van der Waals surface area contributed by atoms with Gasteiger partial charge in [-0.3, -0.25) is 0 Å². The monoisotopic (exact) mass is 409 g/mol. The van der Waals surface area contributed by atoms with Crippen LogP contribution in [0.1, 0.15) is 30.1 Å². The lowest BCUT2D eigenvalue weighted by atomic mass is 10.0. The summed E-state index contributed by atoms with van der Waals surface area (Å²) in [6.07, 6.45) is 1.69. The fraction of sp³-hybridized carbons (Fsp3) is 0.462. The summed E-state index contributed by atoms with van der Waals surface area (Å²) < 4.78 is 27.0. The zero-order valence-electron chi connectivity index (χ0n) is 11.0. The third kappa shape index (κ3) is 3.15. The van der Waals surface area contributed by atoms with Gasteiger partial charge in [-0.25, -0.2) is 13.2 Å². The Morgan fingerprint density at radius 1 is 1.35 bits per heavy atom. The standard InChI is InChI=1S/C13H16INO4S/c1-9-4-6-15(7-5-9)20(18,19)10-2-3-12(14)11(8-10)13(16)17/h2-3,8-9H,4-7H2,1H3,(H,16,17). The van der Waals surface area contributed by atoms with E-state index in [1.54, 1.807) is 0 Å². The van der Waals surface area contributed by atoms with Crippen LogP contribution in [0, 0.1) is 9.49 Å². The summed E-state index contributed by atoms with van der Waals surface area (Å²) in [5.74, 6) is -0.577. The molecule has 0 aromatic heterocycles.